The lowest BCUT2D eigenvalue weighted by Crippen LogP contribution is -2.63. The molecular formula is C13H19NO2S2. The highest BCUT2D eigenvalue weighted by Gasteiger charge is 2.42. The first-order valence-electron chi connectivity index (χ1n) is 6.23. The number of hydrogen-bond acceptors (Lipinski definition) is 4. The maximum Gasteiger partial charge on any atom is 0.232 e. The molecule has 1 aromatic rings. The Bertz CT molecular complexity index is 386. The van der Waals surface area contributed by atoms with E-state index >= 15 is 0 Å². The topological polar surface area (TPSA) is 40.5 Å². The van der Waals surface area contributed by atoms with Gasteiger partial charge in [-0.2, -0.15) is 0 Å². The van der Waals surface area contributed by atoms with Gasteiger partial charge >= 0.3 is 0 Å². The fourth-order valence-corrected chi connectivity index (χ4v) is 3.96. The number of carbonyl (C=O) groups excluding carboxylic acids is 1. The molecule has 0 radical (unpaired) electrons. The van der Waals surface area contributed by atoms with Crippen LogP contribution in [0.3, 0.4) is 0 Å². The number of carbonyl (C=O) groups is 1. The molecule has 1 amide bonds. The summed E-state index contributed by atoms with van der Waals surface area (Å²) < 4.78 is 0. The number of rotatable bonds is 6. The molecule has 1 aromatic heterocycles. The molecule has 0 spiro atoms. The van der Waals surface area contributed by atoms with Gasteiger partial charge in [0, 0.05) is 10.6 Å². The molecule has 100 valence electrons. The van der Waals surface area contributed by atoms with E-state index in [0.717, 1.165) is 18.6 Å². The van der Waals surface area contributed by atoms with Gasteiger partial charge in [-0.05, 0) is 17.9 Å². The van der Waals surface area contributed by atoms with Gasteiger partial charge in [-0.25, -0.2) is 0 Å². The normalized spacial score (nSPS) is 17.6. The second-order valence-corrected chi connectivity index (χ2v) is 6.81. The first-order chi connectivity index (χ1) is 8.63. The largest absolute Gasteiger partial charge is 0.386 e. The van der Waals surface area contributed by atoms with Crippen molar-refractivity contribution in [1.29, 1.82) is 0 Å². The van der Waals surface area contributed by atoms with E-state index in [2.05, 4.69) is 18.4 Å². The summed E-state index contributed by atoms with van der Waals surface area (Å²) in [5.74, 6) is 1.56. The average molecular weight is 285 g/mol. The van der Waals surface area contributed by atoms with E-state index in [1.807, 2.05) is 6.07 Å². The Morgan fingerprint density at radius 3 is 3.00 bits per heavy atom. The Hall–Kier alpha value is -0.520. The Kier molecular flexibility index (Phi) is 4.70. The highest BCUT2D eigenvalue weighted by atomic mass is 32.2. The highest BCUT2D eigenvalue weighted by molar-refractivity contribution is 7.99. The number of thioether (sulfide) groups is 1. The number of nitrogens with zero attached hydrogens (tertiary/aromatic N) is 1. The van der Waals surface area contributed by atoms with Crippen LogP contribution in [0.5, 0.6) is 0 Å². The molecule has 18 heavy (non-hydrogen) atoms. The van der Waals surface area contributed by atoms with Crippen LogP contribution in [-0.4, -0.2) is 40.4 Å². The van der Waals surface area contributed by atoms with Crippen molar-refractivity contribution in [2.75, 3.05) is 18.8 Å². The van der Waals surface area contributed by atoms with Crippen molar-refractivity contribution in [3.8, 4) is 0 Å². The van der Waals surface area contributed by atoms with Gasteiger partial charge < -0.3 is 10.0 Å². The van der Waals surface area contributed by atoms with Crippen LogP contribution in [0.2, 0.25) is 0 Å². The summed E-state index contributed by atoms with van der Waals surface area (Å²) in [6.45, 7) is 3.08. The van der Waals surface area contributed by atoms with E-state index in [9.17, 15) is 9.90 Å². The zero-order chi connectivity index (χ0) is 13.0. The molecule has 2 heterocycles. The minimum Gasteiger partial charge on any atom is -0.386 e. The molecule has 1 aliphatic rings. The zero-order valence-corrected chi connectivity index (χ0v) is 12.2. The van der Waals surface area contributed by atoms with E-state index in [1.54, 1.807) is 28.0 Å². The molecular weight excluding hydrogens is 266 g/mol. The Morgan fingerprint density at radius 2 is 2.39 bits per heavy atom. The number of thiophene rings is 1. The van der Waals surface area contributed by atoms with Crippen molar-refractivity contribution in [2.24, 2.45) is 0 Å². The van der Waals surface area contributed by atoms with Crippen molar-refractivity contribution in [2.45, 2.75) is 31.1 Å². The van der Waals surface area contributed by atoms with Crippen LogP contribution in [0.25, 0.3) is 0 Å². The van der Waals surface area contributed by atoms with E-state index in [4.69, 9.17) is 0 Å². The van der Waals surface area contributed by atoms with Crippen molar-refractivity contribution in [1.82, 2.24) is 4.90 Å². The fraction of sp³-hybridized carbons (Fsp3) is 0.615. The lowest BCUT2D eigenvalue weighted by Gasteiger charge is -2.46. The number of β-amino-alcohol motifs (C(OH)–C–C–N with tert-alkyl or cyclic N) is 1. The summed E-state index contributed by atoms with van der Waals surface area (Å²) >= 11 is 3.37. The molecule has 3 nitrogen and oxygen atoms in total. The maximum atomic E-state index is 11.8. The van der Waals surface area contributed by atoms with Gasteiger partial charge in [-0.3, -0.25) is 4.79 Å². The van der Waals surface area contributed by atoms with E-state index in [1.165, 1.54) is 4.88 Å². The molecule has 0 atom stereocenters. The summed E-state index contributed by atoms with van der Waals surface area (Å²) in [5, 5.41) is 12.1. The van der Waals surface area contributed by atoms with Crippen LogP contribution in [0, 0.1) is 0 Å². The van der Waals surface area contributed by atoms with Gasteiger partial charge in [0.25, 0.3) is 0 Å². The fourth-order valence-electron chi connectivity index (χ4n) is 2.19. The predicted octanol–water partition coefficient (Wildman–Crippen LogP) is 2.35. The minimum atomic E-state index is -0.608. The minimum absolute atomic E-state index is 0.150. The van der Waals surface area contributed by atoms with Crippen LogP contribution in [0.15, 0.2) is 17.5 Å². The summed E-state index contributed by atoms with van der Waals surface area (Å²) in [4.78, 5) is 14.9. The van der Waals surface area contributed by atoms with Crippen molar-refractivity contribution in [3.05, 3.63) is 22.4 Å². The van der Waals surface area contributed by atoms with Crippen molar-refractivity contribution >= 4 is 29.0 Å². The predicted molar refractivity (Wildman–Crippen MR) is 76.9 cm³/mol. The monoisotopic (exact) mass is 285 g/mol. The molecule has 0 aromatic carbocycles. The van der Waals surface area contributed by atoms with Crippen LogP contribution in [-0.2, 0) is 10.5 Å². The standard InChI is InChI=1S/C13H19NO2S2/c1-2-5-13(16)9-14(10-13)12(15)8-17-7-11-4-3-6-18-11/h3-4,6,16H,2,5,7-10H2,1H3. The van der Waals surface area contributed by atoms with Gasteiger partial charge in [0.1, 0.15) is 0 Å². The van der Waals surface area contributed by atoms with Crippen LogP contribution < -0.4 is 0 Å². The highest BCUT2D eigenvalue weighted by Crippen LogP contribution is 2.26. The zero-order valence-electron chi connectivity index (χ0n) is 10.6. The molecule has 1 fully saturated rings. The number of aliphatic hydroxyl groups is 1. The van der Waals surface area contributed by atoms with Crippen molar-refractivity contribution in [3.63, 3.8) is 0 Å². The van der Waals surface area contributed by atoms with Gasteiger partial charge in [-0.15, -0.1) is 23.1 Å². The average Bonchev–Trinajstić information content (AvgIpc) is 2.79. The van der Waals surface area contributed by atoms with Gasteiger partial charge in [-0.1, -0.05) is 19.4 Å². The first kappa shape index (κ1) is 13.9. The third kappa shape index (κ3) is 3.49. The van der Waals surface area contributed by atoms with Gasteiger partial charge in [0.15, 0.2) is 0 Å². The summed E-state index contributed by atoms with van der Waals surface area (Å²) in [7, 11) is 0. The Labute approximate surface area is 116 Å². The molecule has 0 aliphatic carbocycles. The third-order valence-corrected chi connectivity index (χ3v) is 5.11. The molecule has 1 saturated heterocycles. The smallest absolute Gasteiger partial charge is 0.232 e. The second-order valence-electron chi connectivity index (χ2n) is 4.80. The van der Waals surface area contributed by atoms with E-state index < -0.39 is 5.60 Å². The summed E-state index contributed by atoms with van der Waals surface area (Å²) in [6, 6.07) is 4.12. The van der Waals surface area contributed by atoms with Crippen LogP contribution in [0.4, 0.5) is 0 Å². The van der Waals surface area contributed by atoms with Crippen LogP contribution in [0.1, 0.15) is 24.6 Å². The molecule has 0 unspecified atom stereocenters. The van der Waals surface area contributed by atoms with Crippen LogP contribution >= 0.6 is 23.1 Å². The van der Waals surface area contributed by atoms with Gasteiger partial charge in [0.2, 0.25) is 5.91 Å². The number of hydrogen-bond donors (Lipinski definition) is 1. The first-order valence-corrected chi connectivity index (χ1v) is 8.27. The lowest BCUT2D eigenvalue weighted by atomic mass is 9.89. The molecule has 0 saturated carbocycles. The Balaban J connectivity index is 1.65. The summed E-state index contributed by atoms with van der Waals surface area (Å²) in [5.41, 5.74) is -0.608. The second kappa shape index (κ2) is 6.08. The molecule has 5 heteroatoms. The molecule has 1 N–H and O–H groups in total. The van der Waals surface area contributed by atoms with Gasteiger partial charge in [0.05, 0.1) is 24.4 Å². The van der Waals surface area contributed by atoms with E-state index in [-0.39, 0.29) is 5.91 Å². The van der Waals surface area contributed by atoms with E-state index in [0.29, 0.717) is 18.8 Å². The number of likely N-dealkylation sites (tertiary alicyclic amines) is 1. The molecule has 0 bridgehead atoms. The third-order valence-electron chi connectivity index (χ3n) is 3.09. The number of amides is 1. The SMILES string of the molecule is CCCC1(O)CN(C(=O)CSCc2cccs2)C1. The van der Waals surface area contributed by atoms with Crippen molar-refractivity contribution < 1.29 is 9.90 Å². The Morgan fingerprint density at radius 1 is 1.61 bits per heavy atom. The summed E-state index contributed by atoms with van der Waals surface area (Å²) in [6.07, 6.45) is 1.75. The maximum absolute atomic E-state index is 11.8. The lowest BCUT2D eigenvalue weighted by molar-refractivity contribution is -0.153. The molecule has 2 rings (SSSR count). The molecule has 1 aliphatic heterocycles. The quantitative estimate of drug-likeness (QED) is 0.872.